The average Bonchev–Trinajstić information content (AvgIpc) is 2.89. The number of likely N-dealkylation sites (N-methyl/N-ethyl adjacent to an activating group) is 1. The van der Waals surface area contributed by atoms with Gasteiger partial charge in [0.15, 0.2) is 0 Å². The first-order valence-electron chi connectivity index (χ1n) is 7.79. The number of hydrogen-bond acceptors (Lipinski definition) is 4. The third-order valence-electron chi connectivity index (χ3n) is 3.42. The van der Waals surface area contributed by atoms with E-state index in [0.29, 0.717) is 29.2 Å². The predicted molar refractivity (Wildman–Crippen MR) is 94.2 cm³/mol. The lowest BCUT2D eigenvalue weighted by Crippen LogP contribution is -2.27. The average molecular weight is 329 g/mol. The van der Waals surface area contributed by atoms with Crippen molar-refractivity contribution in [3.63, 3.8) is 0 Å². The molecule has 1 aromatic carbocycles. The van der Waals surface area contributed by atoms with Gasteiger partial charge in [-0.2, -0.15) is 5.10 Å². The molecule has 2 rings (SSSR count). The van der Waals surface area contributed by atoms with E-state index in [2.05, 4.69) is 15.7 Å². The number of benzene rings is 1. The molecule has 0 aliphatic carbocycles. The van der Waals surface area contributed by atoms with Gasteiger partial charge in [0.2, 0.25) is 5.91 Å². The van der Waals surface area contributed by atoms with Crippen LogP contribution in [0, 0.1) is 6.92 Å². The summed E-state index contributed by atoms with van der Waals surface area (Å²) in [5.41, 5.74) is 2.31. The van der Waals surface area contributed by atoms with Gasteiger partial charge in [0.1, 0.15) is 0 Å². The van der Waals surface area contributed by atoms with Crippen LogP contribution in [0.1, 0.15) is 23.0 Å². The summed E-state index contributed by atoms with van der Waals surface area (Å²) < 4.78 is 1.72. The van der Waals surface area contributed by atoms with E-state index in [0.717, 1.165) is 0 Å². The lowest BCUT2D eigenvalue weighted by atomic mass is 10.2. The third kappa shape index (κ3) is 4.42. The molecular formula is C17H23N5O2. The molecule has 7 heteroatoms. The molecule has 0 atom stereocenters. The zero-order valence-corrected chi connectivity index (χ0v) is 14.5. The molecule has 0 saturated carbocycles. The minimum atomic E-state index is -0.249. The molecule has 0 spiro atoms. The maximum Gasteiger partial charge on any atom is 0.259 e. The Labute approximate surface area is 141 Å². The van der Waals surface area contributed by atoms with Crippen LogP contribution in [0.4, 0.5) is 11.4 Å². The molecule has 0 aliphatic heterocycles. The fraction of sp³-hybridized carbons (Fsp3) is 0.353. The van der Waals surface area contributed by atoms with E-state index < -0.39 is 0 Å². The quantitative estimate of drug-likeness (QED) is 0.849. The zero-order valence-electron chi connectivity index (χ0n) is 14.5. The fourth-order valence-corrected chi connectivity index (χ4v) is 2.27. The summed E-state index contributed by atoms with van der Waals surface area (Å²) in [6, 6.07) is 7.12. The van der Waals surface area contributed by atoms with Crippen molar-refractivity contribution in [1.82, 2.24) is 14.7 Å². The highest BCUT2D eigenvalue weighted by molar-refractivity contribution is 6.07. The number of amides is 2. The van der Waals surface area contributed by atoms with E-state index in [1.165, 1.54) is 0 Å². The molecule has 128 valence electrons. The van der Waals surface area contributed by atoms with Crippen molar-refractivity contribution in [2.24, 2.45) is 0 Å². The van der Waals surface area contributed by atoms with Crippen molar-refractivity contribution < 1.29 is 9.59 Å². The Bertz CT molecular complexity index is 736. The molecule has 2 N–H and O–H groups in total. The Morgan fingerprint density at radius 1 is 1.17 bits per heavy atom. The minimum Gasteiger partial charge on any atom is -0.323 e. The van der Waals surface area contributed by atoms with Crippen molar-refractivity contribution in [2.45, 2.75) is 20.4 Å². The van der Waals surface area contributed by atoms with E-state index in [1.54, 1.807) is 47.0 Å². The molecule has 0 radical (unpaired) electrons. The van der Waals surface area contributed by atoms with Crippen LogP contribution in [-0.4, -0.2) is 47.1 Å². The number of anilines is 2. The van der Waals surface area contributed by atoms with Crippen LogP contribution in [0.3, 0.4) is 0 Å². The summed E-state index contributed by atoms with van der Waals surface area (Å²) in [6.07, 6.45) is 1.72. The first kappa shape index (κ1) is 17.7. The van der Waals surface area contributed by atoms with E-state index in [9.17, 15) is 9.59 Å². The molecule has 0 bridgehead atoms. The number of nitrogens with one attached hydrogen (secondary N) is 2. The number of carbonyl (C=O) groups is 2. The van der Waals surface area contributed by atoms with Crippen molar-refractivity contribution in [3.8, 4) is 0 Å². The summed E-state index contributed by atoms with van der Waals surface area (Å²) >= 11 is 0. The highest BCUT2D eigenvalue weighted by Crippen LogP contribution is 2.22. The Kier molecular flexibility index (Phi) is 5.70. The standard InChI is InChI=1S/C17H23N5O2/c1-5-22-10-13(12(2)20-22)17(24)19-15-9-7-6-8-14(15)18-16(23)11-21(3)4/h6-10H,5,11H2,1-4H3,(H,18,23)(H,19,24). The van der Waals surface area contributed by atoms with Crippen LogP contribution < -0.4 is 10.6 Å². The van der Waals surface area contributed by atoms with Gasteiger partial charge in [-0.25, -0.2) is 0 Å². The lowest BCUT2D eigenvalue weighted by Gasteiger charge is -2.14. The van der Waals surface area contributed by atoms with Gasteiger partial charge in [0.25, 0.3) is 5.91 Å². The summed E-state index contributed by atoms with van der Waals surface area (Å²) in [4.78, 5) is 26.2. The van der Waals surface area contributed by atoms with Crippen LogP contribution in [0.5, 0.6) is 0 Å². The van der Waals surface area contributed by atoms with Crippen LogP contribution in [0.2, 0.25) is 0 Å². The molecule has 0 saturated heterocycles. The minimum absolute atomic E-state index is 0.142. The van der Waals surface area contributed by atoms with E-state index in [1.807, 2.05) is 21.0 Å². The Morgan fingerprint density at radius 3 is 2.33 bits per heavy atom. The Balaban J connectivity index is 2.16. The largest absolute Gasteiger partial charge is 0.323 e. The SMILES string of the molecule is CCn1cc(C(=O)Nc2ccccc2NC(=O)CN(C)C)c(C)n1. The van der Waals surface area contributed by atoms with E-state index in [4.69, 9.17) is 0 Å². The first-order valence-corrected chi connectivity index (χ1v) is 7.79. The number of carbonyl (C=O) groups excluding carboxylic acids is 2. The predicted octanol–water partition coefficient (Wildman–Crippen LogP) is 1.96. The van der Waals surface area contributed by atoms with Crippen LogP contribution in [-0.2, 0) is 11.3 Å². The number of rotatable bonds is 6. The molecule has 24 heavy (non-hydrogen) atoms. The Hall–Kier alpha value is -2.67. The van der Waals surface area contributed by atoms with Crippen LogP contribution >= 0.6 is 0 Å². The third-order valence-corrected chi connectivity index (χ3v) is 3.42. The summed E-state index contributed by atoms with van der Waals surface area (Å²) in [5, 5.41) is 9.93. The van der Waals surface area contributed by atoms with Gasteiger partial charge >= 0.3 is 0 Å². The second kappa shape index (κ2) is 7.74. The van der Waals surface area contributed by atoms with Gasteiger partial charge in [-0.3, -0.25) is 14.3 Å². The highest BCUT2D eigenvalue weighted by Gasteiger charge is 2.15. The van der Waals surface area contributed by atoms with Gasteiger partial charge in [-0.05, 0) is 40.1 Å². The fourth-order valence-electron chi connectivity index (χ4n) is 2.27. The zero-order chi connectivity index (χ0) is 17.7. The van der Waals surface area contributed by atoms with E-state index in [-0.39, 0.29) is 18.4 Å². The van der Waals surface area contributed by atoms with Gasteiger partial charge < -0.3 is 15.5 Å². The monoisotopic (exact) mass is 329 g/mol. The van der Waals surface area contributed by atoms with Gasteiger partial charge in [0, 0.05) is 12.7 Å². The smallest absolute Gasteiger partial charge is 0.259 e. The molecule has 0 unspecified atom stereocenters. The van der Waals surface area contributed by atoms with Crippen LogP contribution in [0.15, 0.2) is 30.5 Å². The van der Waals surface area contributed by atoms with E-state index >= 15 is 0 Å². The highest BCUT2D eigenvalue weighted by atomic mass is 16.2. The normalized spacial score (nSPS) is 10.7. The summed E-state index contributed by atoms with van der Waals surface area (Å²) in [5.74, 6) is -0.391. The molecular weight excluding hydrogens is 306 g/mol. The lowest BCUT2D eigenvalue weighted by molar-refractivity contribution is -0.116. The molecule has 0 fully saturated rings. The maximum absolute atomic E-state index is 12.5. The number of aryl methyl sites for hydroxylation is 2. The second-order valence-electron chi connectivity index (χ2n) is 5.77. The molecule has 1 aromatic heterocycles. The molecule has 2 aromatic rings. The number of nitrogens with zero attached hydrogens (tertiary/aromatic N) is 3. The van der Waals surface area contributed by atoms with Crippen molar-refractivity contribution in [3.05, 3.63) is 41.7 Å². The number of para-hydroxylation sites is 2. The van der Waals surface area contributed by atoms with Crippen molar-refractivity contribution in [2.75, 3.05) is 31.3 Å². The van der Waals surface area contributed by atoms with Crippen LogP contribution in [0.25, 0.3) is 0 Å². The molecule has 1 heterocycles. The number of hydrogen-bond donors (Lipinski definition) is 2. The van der Waals surface area contributed by atoms with Crippen molar-refractivity contribution in [1.29, 1.82) is 0 Å². The second-order valence-corrected chi connectivity index (χ2v) is 5.77. The topological polar surface area (TPSA) is 79.3 Å². The Morgan fingerprint density at radius 2 is 1.79 bits per heavy atom. The van der Waals surface area contributed by atoms with Gasteiger partial charge in [0.05, 0.1) is 29.2 Å². The first-order chi connectivity index (χ1) is 11.4. The number of aromatic nitrogens is 2. The molecule has 7 nitrogen and oxygen atoms in total. The van der Waals surface area contributed by atoms with Crippen molar-refractivity contribution >= 4 is 23.2 Å². The molecule has 0 aliphatic rings. The van der Waals surface area contributed by atoms with Gasteiger partial charge in [-0.15, -0.1) is 0 Å². The summed E-state index contributed by atoms with van der Waals surface area (Å²) in [6.45, 7) is 4.73. The summed E-state index contributed by atoms with van der Waals surface area (Å²) in [7, 11) is 3.64. The maximum atomic E-state index is 12.5. The molecule has 2 amide bonds. The van der Waals surface area contributed by atoms with Gasteiger partial charge in [-0.1, -0.05) is 12.1 Å².